The fourth-order valence-corrected chi connectivity index (χ4v) is 7.66. The lowest BCUT2D eigenvalue weighted by molar-refractivity contribution is -0.138. The molecule has 3 aliphatic heterocycles. The van der Waals surface area contributed by atoms with Gasteiger partial charge in [0, 0.05) is 86.7 Å². The Bertz CT molecular complexity index is 1250. The zero-order valence-electron chi connectivity index (χ0n) is 24.5. The largest absolute Gasteiger partial charge is 0.463 e. The number of piperazine rings is 1. The van der Waals surface area contributed by atoms with Gasteiger partial charge in [0.1, 0.15) is 11.9 Å². The second-order valence-electron chi connectivity index (χ2n) is 11.3. The van der Waals surface area contributed by atoms with Crippen molar-refractivity contribution >= 4 is 34.9 Å². The maximum atomic E-state index is 14.8. The quantitative estimate of drug-likeness (QED) is 0.281. The lowest BCUT2D eigenvalue weighted by Crippen LogP contribution is -2.56. The van der Waals surface area contributed by atoms with Crippen molar-refractivity contribution in [2.75, 3.05) is 57.6 Å². The van der Waals surface area contributed by atoms with Crippen LogP contribution in [0, 0.1) is 5.92 Å². The molecule has 0 aromatic carbocycles. The number of thioether (sulfide) groups is 1. The topological polar surface area (TPSA) is 114 Å². The molecule has 13 heteroatoms. The first-order chi connectivity index (χ1) is 20.2. The monoisotopic (exact) mass is 620 g/mol. The van der Waals surface area contributed by atoms with Gasteiger partial charge in [-0.25, -0.2) is 14.2 Å². The minimum Gasteiger partial charge on any atom is -0.463 e. The van der Waals surface area contributed by atoms with E-state index in [1.165, 1.54) is 11.3 Å². The zero-order chi connectivity index (χ0) is 29.8. The van der Waals surface area contributed by atoms with E-state index in [9.17, 15) is 19.4 Å². The summed E-state index contributed by atoms with van der Waals surface area (Å²) in [5.41, 5.74) is 2.37. The number of rotatable bonds is 9. The number of aromatic nitrogens is 1. The van der Waals surface area contributed by atoms with Crippen LogP contribution >= 0.6 is 23.1 Å². The molecule has 1 aliphatic carbocycles. The lowest BCUT2D eigenvalue weighted by atomic mass is 9.86. The molecular weight excluding hydrogens is 579 g/mol. The Balaban J connectivity index is 1.44. The SMILES string of the molecule is CCOC(=O)C1=C(CN2CCN3CSCN(C[C@@H](C)C(O)O)C[C@@H]3C2)NC(c2nccs2)=N[C@H]1C1=CCCC(F)=C1C. The van der Waals surface area contributed by atoms with E-state index in [4.69, 9.17) is 9.73 Å². The number of thiazole rings is 1. The predicted molar refractivity (Wildman–Crippen MR) is 164 cm³/mol. The number of halogens is 1. The Kier molecular flexibility index (Phi) is 10.5. The van der Waals surface area contributed by atoms with Crippen LogP contribution in [0.4, 0.5) is 4.39 Å². The highest BCUT2D eigenvalue weighted by atomic mass is 32.2. The van der Waals surface area contributed by atoms with Crippen molar-refractivity contribution < 1.29 is 24.1 Å². The van der Waals surface area contributed by atoms with Crippen LogP contribution in [0.2, 0.25) is 0 Å². The molecule has 0 saturated carbocycles. The van der Waals surface area contributed by atoms with Gasteiger partial charge in [0.05, 0.1) is 12.2 Å². The minimum absolute atomic E-state index is 0.170. The van der Waals surface area contributed by atoms with Gasteiger partial charge < -0.3 is 20.3 Å². The molecule has 10 nitrogen and oxygen atoms in total. The van der Waals surface area contributed by atoms with E-state index in [-0.39, 0.29) is 24.4 Å². The van der Waals surface area contributed by atoms with E-state index >= 15 is 0 Å². The standard InChI is InChI=1S/C29H41FN6O4S2/c1-4-40-29(39)24-23(15-34-9-10-36-17-41-16-35(14-20(36)13-34)12-18(2)28(37)38)32-26(27-31-8-11-42-27)33-25(24)21-6-5-7-22(30)19(21)3/h6,8,11,18,20,25,28,37-38H,4-5,7,9-10,12-17H2,1-3H3,(H,32,33)/t18-,20+,25+/m1/s1. The van der Waals surface area contributed by atoms with Crippen LogP contribution in [0.15, 0.2) is 50.9 Å². The van der Waals surface area contributed by atoms with E-state index < -0.39 is 18.3 Å². The highest BCUT2D eigenvalue weighted by Crippen LogP contribution is 2.35. The number of aliphatic hydroxyl groups is 2. The summed E-state index contributed by atoms with van der Waals surface area (Å²) in [6.45, 7) is 10.0. The van der Waals surface area contributed by atoms with Gasteiger partial charge in [-0.1, -0.05) is 13.0 Å². The average Bonchev–Trinajstić information content (AvgIpc) is 3.43. The molecule has 5 rings (SSSR count). The summed E-state index contributed by atoms with van der Waals surface area (Å²) in [5, 5.41) is 25.3. The Morgan fingerprint density at radius 1 is 1.26 bits per heavy atom. The van der Waals surface area contributed by atoms with Gasteiger partial charge in [0.15, 0.2) is 17.1 Å². The van der Waals surface area contributed by atoms with Crippen molar-refractivity contribution in [1.29, 1.82) is 0 Å². The molecule has 0 amide bonds. The number of amidine groups is 1. The van der Waals surface area contributed by atoms with E-state index in [0.717, 1.165) is 37.9 Å². The maximum absolute atomic E-state index is 14.8. The summed E-state index contributed by atoms with van der Waals surface area (Å²) in [7, 11) is 0. The summed E-state index contributed by atoms with van der Waals surface area (Å²) >= 11 is 3.31. The second-order valence-corrected chi connectivity index (χ2v) is 13.1. The number of aliphatic imine (C=N–C) groups is 1. The molecule has 0 bridgehead atoms. The predicted octanol–water partition coefficient (Wildman–Crippen LogP) is 2.54. The van der Waals surface area contributed by atoms with Crippen molar-refractivity contribution in [3.8, 4) is 0 Å². The molecule has 1 aromatic heterocycles. The Labute approximate surface area is 255 Å². The molecule has 0 unspecified atom stereocenters. The molecule has 3 N–H and O–H groups in total. The number of nitrogens with one attached hydrogen (secondary N) is 1. The number of fused-ring (bicyclic) bond motifs is 1. The van der Waals surface area contributed by atoms with Gasteiger partial charge in [0.25, 0.3) is 0 Å². The molecule has 42 heavy (non-hydrogen) atoms. The first-order valence-corrected chi connectivity index (χ1v) is 16.6. The van der Waals surface area contributed by atoms with E-state index in [1.54, 1.807) is 20.0 Å². The van der Waals surface area contributed by atoms with E-state index in [2.05, 4.69) is 25.0 Å². The van der Waals surface area contributed by atoms with Crippen LogP contribution in [0.3, 0.4) is 0 Å². The molecule has 4 heterocycles. The number of hydrogen-bond acceptors (Lipinski definition) is 12. The summed E-state index contributed by atoms with van der Waals surface area (Å²) < 4.78 is 20.4. The fourth-order valence-electron chi connectivity index (χ4n) is 5.95. The summed E-state index contributed by atoms with van der Waals surface area (Å²) in [6.07, 6.45) is 3.29. The molecule has 3 atom stereocenters. The number of carbonyl (C=O) groups is 1. The van der Waals surface area contributed by atoms with Gasteiger partial charge in [0.2, 0.25) is 0 Å². The van der Waals surface area contributed by atoms with Crippen molar-refractivity contribution in [2.45, 2.75) is 52.0 Å². The molecule has 230 valence electrons. The summed E-state index contributed by atoms with van der Waals surface area (Å²) in [5.74, 6) is 1.49. The summed E-state index contributed by atoms with van der Waals surface area (Å²) in [6, 6.07) is -0.432. The molecule has 0 radical (unpaired) electrons. The van der Waals surface area contributed by atoms with Crippen molar-refractivity contribution in [1.82, 2.24) is 25.0 Å². The van der Waals surface area contributed by atoms with Crippen LogP contribution in [-0.2, 0) is 9.53 Å². The Hall–Kier alpha value is -2.13. The van der Waals surface area contributed by atoms with Gasteiger partial charge in [-0.15, -0.1) is 23.1 Å². The normalized spacial score (nSPS) is 25.5. The highest BCUT2D eigenvalue weighted by molar-refractivity contribution is 7.99. The van der Waals surface area contributed by atoms with E-state index in [0.29, 0.717) is 59.2 Å². The number of esters is 1. The molecule has 1 aromatic rings. The molecule has 2 saturated heterocycles. The van der Waals surface area contributed by atoms with Crippen LogP contribution in [-0.4, -0.2) is 118 Å². The Morgan fingerprint density at radius 2 is 2.07 bits per heavy atom. The van der Waals surface area contributed by atoms with Gasteiger partial charge in [-0.05, 0) is 31.4 Å². The fraction of sp³-hybridized carbons (Fsp3) is 0.621. The zero-order valence-corrected chi connectivity index (χ0v) is 26.1. The van der Waals surface area contributed by atoms with Crippen LogP contribution in [0.5, 0.6) is 0 Å². The van der Waals surface area contributed by atoms with Gasteiger partial charge in [-0.2, -0.15) is 0 Å². The second kappa shape index (κ2) is 14.1. The lowest BCUT2D eigenvalue weighted by Gasteiger charge is -2.42. The number of nitrogens with zero attached hydrogens (tertiary/aromatic N) is 5. The smallest absolute Gasteiger partial charge is 0.338 e. The number of ether oxygens (including phenoxy) is 1. The third-order valence-electron chi connectivity index (χ3n) is 8.24. The summed E-state index contributed by atoms with van der Waals surface area (Å²) in [4.78, 5) is 30.1. The van der Waals surface area contributed by atoms with Crippen LogP contribution in [0.1, 0.15) is 38.6 Å². The number of aliphatic hydroxyl groups excluding tert-OH is 1. The van der Waals surface area contributed by atoms with Crippen molar-refractivity contribution in [3.63, 3.8) is 0 Å². The molecule has 4 aliphatic rings. The third kappa shape index (κ3) is 7.15. The number of carbonyl (C=O) groups excluding carboxylic acids is 1. The number of allylic oxidation sites excluding steroid dienone is 2. The maximum Gasteiger partial charge on any atom is 0.338 e. The van der Waals surface area contributed by atoms with Crippen molar-refractivity contribution in [3.05, 3.63) is 50.9 Å². The third-order valence-corrected chi connectivity index (χ3v) is 10.1. The van der Waals surface area contributed by atoms with Crippen LogP contribution in [0.25, 0.3) is 0 Å². The first kappa shape index (κ1) is 31.3. The highest BCUT2D eigenvalue weighted by Gasteiger charge is 2.38. The van der Waals surface area contributed by atoms with Gasteiger partial charge in [-0.3, -0.25) is 19.7 Å². The molecule has 2 fully saturated rings. The van der Waals surface area contributed by atoms with E-state index in [1.807, 2.05) is 30.1 Å². The Morgan fingerprint density at radius 3 is 2.81 bits per heavy atom. The van der Waals surface area contributed by atoms with Crippen LogP contribution < -0.4 is 5.32 Å². The van der Waals surface area contributed by atoms with Gasteiger partial charge >= 0.3 is 5.97 Å². The molecular formula is C29H41FN6O4S2. The van der Waals surface area contributed by atoms with Crippen molar-refractivity contribution in [2.24, 2.45) is 10.9 Å². The molecule has 0 spiro atoms. The first-order valence-electron chi connectivity index (χ1n) is 14.6. The minimum atomic E-state index is -1.34. The number of hydrogen-bond donors (Lipinski definition) is 3. The average molecular weight is 621 g/mol.